The molecule has 0 radical (unpaired) electrons. The smallest absolute Gasteiger partial charge is 0.310 e. The lowest BCUT2D eigenvalue weighted by molar-refractivity contribution is -0.385. The Morgan fingerprint density at radius 1 is 1.56 bits per heavy atom. The maximum atomic E-state index is 11.4. The number of aldehydes is 1. The number of halogens is 1. The van der Waals surface area contributed by atoms with Crippen LogP contribution in [0.3, 0.4) is 0 Å². The van der Waals surface area contributed by atoms with Crippen LogP contribution >= 0.6 is 15.9 Å². The summed E-state index contributed by atoms with van der Waals surface area (Å²) >= 11 is 3.12. The van der Waals surface area contributed by atoms with E-state index in [9.17, 15) is 19.7 Å². The standard InChI is InChI=1S/C11H10BrNO5/c1-2-18-11(15)5-8-9(12)3-7(6-14)4-10(8)13(16)17/h3-4,6H,2,5H2,1H3. The molecule has 0 amide bonds. The first-order valence-electron chi connectivity index (χ1n) is 5.07. The molecule has 0 atom stereocenters. The van der Waals surface area contributed by atoms with Gasteiger partial charge in [-0.05, 0) is 13.0 Å². The lowest BCUT2D eigenvalue weighted by atomic mass is 10.1. The molecule has 0 aliphatic rings. The molecule has 0 saturated heterocycles. The number of nitro benzene ring substituents is 1. The first-order valence-corrected chi connectivity index (χ1v) is 5.86. The van der Waals surface area contributed by atoms with Crippen molar-refractivity contribution in [2.24, 2.45) is 0 Å². The SMILES string of the molecule is CCOC(=O)Cc1c(Br)cc(C=O)cc1[N+](=O)[O-]. The van der Waals surface area contributed by atoms with Crippen molar-refractivity contribution in [2.75, 3.05) is 6.61 Å². The van der Waals surface area contributed by atoms with Gasteiger partial charge in [0.25, 0.3) is 5.69 Å². The van der Waals surface area contributed by atoms with Crippen molar-refractivity contribution in [3.05, 3.63) is 37.8 Å². The number of benzene rings is 1. The zero-order valence-corrected chi connectivity index (χ0v) is 11.1. The van der Waals surface area contributed by atoms with Gasteiger partial charge in [0.05, 0.1) is 23.5 Å². The van der Waals surface area contributed by atoms with Gasteiger partial charge < -0.3 is 4.74 Å². The number of esters is 1. The van der Waals surface area contributed by atoms with E-state index in [2.05, 4.69) is 15.9 Å². The minimum absolute atomic E-state index is 0.168. The Morgan fingerprint density at radius 3 is 2.72 bits per heavy atom. The third-order valence-electron chi connectivity index (χ3n) is 2.15. The molecule has 1 aromatic carbocycles. The molecule has 18 heavy (non-hydrogen) atoms. The molecule has 0 aromatic heterocycles. The Balaban J connectivity index is 3.20. The van der Waals surface area contributed by atoms with Crippen molar-refractivity contribution in [3.8, 4) is 0 Å². The van der Waals surface area contributed by atoms with Crippen LogP contribution in [0.1, 0.15) is 22.8 Å². The lowest BCUT2D eigenvalue weighted by Gasteiger charge is -2.06. The minimum atomic E-state index is -0.633. The molecule has 0 heterocycles. The number of ether oxygens (including phenoxy) is 1. The van der Waals surface area contributed by atoms with Gasteiger partial charge in [0.15, 0.2) is 0 Å². The van der Waals surface area contributed by atoms with Crippen molar-refractivity contribution >= 4 is 33.9 Å². The van der Waals surface area contributed by atoms with Crippen LogP contribution in [0, 0.1) is 10.1 Å². The predicted octanol–water partition coefficient (Wildman–Crippen LogP) is 2.28. The van der Waals surface area contributed by atoms with Gasteiger partial charge in [0, 0.05) is 16.1 Å². The van der Waals surface area contributed by atoms with E-state index in [-0.39, 0.29) is 29.8 Å². The second-order valence-electron chi connectivity index (χ2n) is 3.36. The second-order valence-corrected chi connectivity index (χ2v) is 4.21. The molecular formula is C11H10BrNO5. The maximum Gasteiger partial charge on any atom is 0.310 e. The van der Waals surface area contributed by atoms with Crippen LogP contribution in [0.4, 0.5) is 5.69 Å². The van der Waals surface area contributed by atoms with Crippen molar-refractivity contribution in [1.82, 2.24) is 0 Å². The number of hydrogen-bond acceptors (Lipinski definition) is 5. The molecule has 1 rings (SSSR count). The summed E-state index contributed by atoms with van der Waals surface area (Å²) in [5.74, 6) is -0.555. The van der Waals surface area contributed by atoms with Crippen LogP contribution < -0.4 is 0 Å². The summed E-state index contributed by atoms with van der Waals surface area (Å²) in [4.78, 5) is 32.3. The predicted molar refractivity (Wildman–Crippen MR) is 66.5 cm³/mol. The van der Waals surface area contributed by atoms with E-state index in [1.165, 1.54) is 6.07 Å². The zero-order chi connectivity index (χ0) is 13.7. The van der Waals surface area contributed by atoms with Crippen LogP contribution in [0.15, 0.2) is 16.6 Å². The monoisotopic (exact) mass is 315 g/mol. The molecular weight excluding hydrogens is 306 g/mol. The summed E-state index contributed by atoms with van der Waals surface area (Å²) < 4.78 is 5.08. The normalized spacial score (nSPS) is 9.89. The summed E-state index contributed by atoms with van der Waals surface area (Å²) in [5, 5.41) is 10.9. The highest BCUT2D eigenvalue weighted by molar-refractivity contribution is 9.10. The van der Waals surface area contributed by atoms with Crippen LogP contribution in [0.2, 0.25) is 0 Å². The molecule has 1 aromatic rings. The van der Waals surface area contributed by atoms with Crippen LogP contribution in [0.25, 0.3) is 0 Å². The first-order chi connectivity index (χ1) is 8.49. The fourth-order valence-electron chi connectivity index (χ4n) is 1.40. The van der Waals surface area contributed by atoms with Gasteiger partial charge in [-0.1, -0.05) is 15.9 Å². The number of nitrogens with zero attached hydrogens (tertiary/aromatic N) is 1. The largest absolute Gasteiger partial charge is 0.466 e. The van der Waals surface area contributed by atoms with Gasteiger partial charge in [0.1, 0.15) is 6.29 Å². The third kappa shape index (κ3) is 3.36. The molecule has 6 nitrogen and oxygen atoms in total. The van der Waals surface area contributed by atoms with Gasteiger partial charge in [-0.25, -0.2) is 0 Å². The van der Waals surface area contributed by atoms with Crippen molar-refractivity contribution < 1.29 is 19.2 Å². The molecule has 0 aliphatic heterocycles. The highest BCUT2D eigenvalue weighted by atomic mass is 79.9. The third-order valence-corrected chi connectivity index (χ3v) is 2.86. The molecule has 0 saturated carbocycles. The van der Waals surface area contributed by atoms with Crippen LogP contribution in [-0.4, -0.2) is 23.8 Å². The van der Waals surface area contributed by atoms with Crippen molar-refractivity contribution in [1.29, 1.82) is 0 Å². The number of hydrogen-bond donors (Lipinski definition) is 0. The Morgan fingerprint density at radius 2 is 2.22 bits per heavy atom. The Bertz CT molecular complexity index is 500. The summed E-state index contributed by atoms with van der Waals surface area (Å²) in [5.41, 5.74) is 0.0877. The Labute approximate surface area is 111 Å². The maximum absolute atomic E-state index is 11.4. The molecule has 7 heteroatoms. The highest BCUT2D eigenvalue weighted by Gasteiger charge is 2.21. The van der Waals surface area contributed by atoms with E-state index >= 15 is 0 Å². The average molecular weight is 316 g/mol. The summed E-state index contributed by atoms with van der Waals surface area (Å²) in [6, 6.07) is 2.56. The van der Waals surface area contributed by atoms with Gasteiger partial charge in [-0.2, -0.15) is 0 Å². The molecule has 0 aliphatic carbocycles. The molecule has 0 fully saturated rings. The summed E-state index contributed by atoms with van der Waals surface area (Å²) in [7, 11) is 0. The van der Waals surface area contributed by atoms with E-state index in [1.807, 2.05) is 0 Å². The van der Waals surface area contributed by atoms with Gasteiger partial charge in [0.2, 0.25) is 0 Å². The molecule has 96 valence electrons. The van der Waals surface area contributed by atoms with Gasteiger partial charge in [-0.3, -0.25) is 19.7 Å². The topological polar surface area (TPSA) is 86.5 Å². The molecule has 0 bridgehead atoms. The van der Waals surface area contributed by atoms with E-state index in [0.29, 0.717) is 10.8 Å². The second kappa shape index (κ2) is 6.25. The lowest BCUT2D eigenvalue weighted by Crippen LogP contribution is -2.10. The van der Waals surface area contributed by atoms with E-state index in [0.717, 1.165) is 6.07 Å². The number of carbonyl (C=O) groups is 2. The van der Waals surface area contributed by atoms with E-state index in [4.69, 9.17) is 4.74 Å². The van der Waals surface area contributed by atoms with Gasteiger partial charge in [-0.15, -0.1) is 0 Å². The van der Waals surface area contributed by atoms with E-state index < -0.39 is 10.9 Å². The average Bonchev–Trinajstić information content (AvgIpc) is 2.31. The van der Waals surface area contributed by atoms with Crippen LogP contribution in [-0.2, 0) is 16.0 Å². The zero-order valence-electron chi connectivity index (χ0n) is 9.51. The highest BCUT2D eigenvalue weighted by Crippen LogP contribution is 2.29. The first kappa shape index (κ1) is 14.3. The molecule has 0 spiro atoms. The van der Waals surface area contributed by atoms with Crippen LogP contribution in [0.5, 0.6) is 0 Å². The molecule has 0 unspecified atom stereocenters. The fourth-order valence-corrected chi connectivity index (χ4v) is 2.01. The van der Waals surface area contributed by atoms with E-state index in [1.54, 1.807) is 6.92 Å². The minimum Gasteiger partial charge on any atom is -0.466 e. The van der Waals surface area contributed by atoms with Crippen molar-refractivity contribution in [2.45, 2.75) is 13.3 Å². The number of carbonyl (C=O) groups excluding carboxylic acids is 2. The quantitative estimate of drug-likeness (QED) is 0.360. The fraction of sp³-hybridized carbons (Fsp3) is 0.273. The molecule has 0 N–H and O–H groups in total. The summed E-state index contributed by atoms with van der Waals surface area (Å²) in [6.45, 7) is 1.85. The number of rotatable bonds is 5. The van der Waals surface area contributed by atoms with Crippen molar-refractivity contribution in [3.63, 3.8) is 0 Å². The van der Waals surface area contributed by atoms with Gasteiger partial charge >= 0.3 is 5.97 Å². The summed E-state index contributed by atoms with van der Waals surface area (Å²) in [6.07, 6.45) is 0.287. The number of nitro groups is 1. The Kier molecular flexibility index (Phi) is 4.96. The Hall–Kier alpha value is -1.76.